The maximum Gasteiger partial charge on any atom is 0.321 e. The molecule has 0 amide bonds. The van der Waals surface area contributed by atoms with Gasteiger partial charge >= 0.3 is 5.97 Å². The van der Waals surface area contributed by atoms with Crippen LogP contribution in [0.15, 0.2) is 24.3 Å². The number of hydrogen-bond acceptors (Lipinski definition) is 2. The monoisotopic (exact) mass is 193 g/mol. The van der Waals surface area contributed by atoms with Crippen LogP contribution in [0, 0.1) is 6.92 Å². The van der Waals surface area contributed by atoms with Crippen LogP contribution in [0.1, 0.15) is 11.1 Å². The largest absolute Gasteiger partial charge is 0.480 e. The SMILES string of the molecule is CN[C@H](Cc1ccccc1C)C(=O)O. The van der Waals surface area contributed by atoms with Gasteiger partial charge in [-0.1, -0.05) is 24.3 Å². The predicted molar refractivity (Wildman–Crippen MR) is 55.4 cm³/mol. The molecule has 14 heavy (non-hydrogen) atoms. The molecule has 0 radical (unpaired) electrons. The third kappa shape index (κ3) is 2.57. The number of rotatable bonds is 4. The predicted octanol–water partition coefficient (Wildman–Crippen LogP) is 1.21. The molecule has 0 fully saturated rings. The molecule has 0 saturated heterocycles. The van der Waals surface area contributed by atoms with Gasteiger partial charge in [0, 0.05) is 0 Å². The average molecular weight is 193 g/mol. The molecule has 1 rings (SSSR count). The second-order valence-corrected chi connectivity index (χ2v) is 3.31. The second kappa shape index (κ2) is 4.77. The van der Waals surface area contributed by atoms with E-state index in [1.807, 2.05) is 31.2 Å². The van der Waals surface area contributed by atoms with Crippen molar-refractivity contribution >= 4 is 5.97 Å². The first kappa shape index (κ1) is 10.7. The number of carboxylic acid groups (broad SMARTS) is 1. The smallest absolute Gasteiger partial charge is 0.321 e. The maximum atomic E-state index is 10.8. The van der Waals surface area contributed by atoms with Gasteiger partial charge in [-0.15, -0.1) is 0 Å². The first-order valence-corrected chi connectivity index (χ1v) is 4.59. The molecule has 76 valence electrons. The minimum absolute atomic E-state index is 0.504. The second-order valence-electron chi connectivity index (χ2n) is 3.31. The van der Waals surface area contributed by atoms with Crippen molar-refractivity contribution in [1.29, 1.82) is 0 Å². The Morgan fingerprint density at radius 1 is 1.50 bits per heavy atom. The number of aryl methyl sites for hydroxylation is 1. The van der Waals surface area contributed by atoms with Crippen molar-refractivity contribution in [3.8, 4) is 0 Å². The summed E-state index contributed by atoms with van der Waals surface area (Å²) in [5.41, 5.74) is 2.21. The topological polar surface area (TPSA) is 49.3 Å². The average Bonchev–Trinajstić information content (AvgIpc) is 2.16. The fraction of sp³-hybridized carbons (Fsp3) is 0.364. The van der Waals surface area contributed by atoms with E-state index in [0.717, 1.165) is 11.1 Å². The van der Waals surface area contributed by atoms with Gasteiger partial charge in [-0.2, -0.15) is 0 Å². The van der Waals surface area contributed by atoms with Gasteiger partial charge in [-0.25, -0.2) is 0 Å². The lowest BCUT2D eigenvalue weighted by atomic mass is 10.0. The first-order chi connectivity index (χ1) is 6.65. The Hall–Kier alpha value is -1.35. The van der Waals surface area contributed by atoms with Crippen molar-refractivity contribution in [1.82, 2.24) is 5.32 Å². The van der Waals surface area contributed by atoms with Crippen LogP contribution in [0.4, 0.5) is 0 Å². The zero-order chi connectivity index (χ0) is 10.6. The summed E-state index contributed by atoms with van der Waals surface area (Å²) < 4.78 is 0. The van der Waals surface area contributed by atoms with E-state index in [0.29, 0.717) is 6.42 Å². The molecule has 0 spiro atoms. The van der Waals surface area contributed by atoms with Crippen LogP contribution in [0.2, 0.25) is 0 Å². The molecule has 1 aromatic carbocycles. The highest BCUT2D eigenvalue weighted by molar-refractivity contribution is 5.73. The third-order valence-electron chi connectivity index (χ3n) is 2.33. The molecule has 2 N–H and O–H groups in total. The first-order valence-electron chi connectivity index (χ1n) is 4.59. The van der Waals surface area contributed by atoms with Crippen LogP contribution in [-0.2, 0) is 11.2 Å². The Morgan fingerprint density at radius 2 is 2.14 bits per heavy atom. The summed E-state index contributed by atoms with van der Waals surface area (Å²) >= 11 is 0. The van der Waals surface area contributed by atoms with E-state index in [4.69, 9.17) is 5.11 Å². The van der Waals surface area contributed by atoms with Crippen molar-refractivity contribution in [2.24, 2.45) is 0 Å². The zero-order valence-electron chi connectivity index (χ0n) is 8.45. The van der Waals surface area contributed by atoms with Crippen molar-refractivity contribution in [2.75, 3.05) is 7.05 Å². The molecule has 0 aliphatic rings. The van der Waals surface area contributed by atoms with Gasteiger partial charge in [0.25, 0.3) is 0 Å². The Kier molecular flexibility index (Phi) is 3.65. The fourth-order valence-corrected chi connectivity index (χ4v) is 1.37. The fourth-order valence-electron chi connectivity index (χ4n) is 1.37. The molecular weight excluding hydrogens is 178 g/mol. The van der Waals surface area contributed by atoms with E-state index in [2.05, 4.69) is 5.32 Å². The molecule has 0 heterocycles. The molecule has 1 atom stereocenters. The lowest BCUT2D eigenvalue weighted by Crippen LogP contribution is -2.35. The third-order valence-corrected chi connectivity index (χ3v) is 2.33. The molecule has 1 aromatic rings. The molecule has 0 bridgehead atoms. The number of aliphatic carboxylic acids is 1. The summed E-state index contributed by atoms with van der Waals surface area (Å²) in [5, 5.41) is 11.6. The van der Waals surface area contributed by atoms with E-state index in [9.17, 15) is 4.79 Å². The van der Waals surface area contributed by atoms with Crippen LogP contribution in [0.25, 0.3) is 0 Å². The molecule has 0 unspecified atom stereocenters. The van der Waals surface area contributed by atoms with Gasteiger partial charge in [0.15, 0.2) is 0 Å². The summed E-state index contributed by atoms with van der Waals surface area (Å²) in [7, 11) is 1.66. The van der Waals surface area contributed by atoms with Crippen LogP contribution in [0.5, 0.6) is 0 Å². The van der Waals surface area contributed by atoms with Gasteiger partial charge < -0.3 is 10.4 Å². The number of benzene rings is 1. The van der Waals surface area contributed by atoms with Gasteiger partial charge in [0.2, 0.25) is 0 Å². The highest BCUT2D eigenvalue weighted by atomic mass is 16.4. The van der Waals surface area contributed by atoms with Gasteiger partial charge in [0.1, 0.15) is 6.04 Å². The van der Waals surface area contributed by atoms with Crippen LogP contribution < -0.4 is 5.32 Å². The highest BCUT2D eigenvalue weighted by Crippen LogP contribution is 2.09. The molecule has 0 aliphatic carbocycles. The quantitative estimate of drug-likeness (QED) is 0.755. The number of hydrogen-bond donors (Lipinski definition) is 2. The molecule has 0 saturated carbocycles. The molecule has 0 aromatic heterocycles. The standard InChI is InChI=1S/C11H15NO2/c1-8-5-3-4-6-9(8)7-10(12-2)11(13)14/h3-6,10,12H,7H2,1-2H3,(H,13,14)/t10-/m1/s1. The van der Waals surface area contributed by atoms with Crippen LogP contribution >= 0.6 is 0 Å². The van der Waals surface area contributed by atoms with E-state index in [1.54, 1.807) is 7.05 Å². The van der Waals surface area contributed by atoms with E-state index >= 15 is 0 Å². The van der Waals surface area contributed by atoms with Crippen LogP contribution in [-0.4, -0.2) is 24.2 Å². The Balaban J connectivity index is 2.77. The summed E-state index contributed by atoms with van der Waals surface area (Å²) in [5.74, 6) is -0.809. The van der Waals surface area contributed by atoms with E-state index in [1.165, 1.54) is 0 Å². The molecule has 0 aliphatic heterocycles. The van der Waals surface area contributed by atoms with Crippen LogP contribution in [0.3, 0.4) is 0 Å². The number of nitrogens with one attached hydrogen (secondary N) is 1. The minimum Gasteiger partial charge on any atom is -0.480 e. The van der Waals surface area contributed by atoms with Crippen molar-refractivity contribution < 1.29 is 9.90 Å². The van der Waals surface area contributed by atoms with E-state index in [-0.39, 0.29) is 0 Å². The molecule has 3 heteroatoms. The zero-order valence-corrected chi connectivity index (χ0v) is 8.45. The summed E-state index contributed by atoms with van der Waals surface area (Å²) in [6, 6.07) is 7.33. The number of likely N-dealkylation sites (N-methyl/N-ethyl adjacent to an activating group) is 1. The summed E-state index contributed by atoms with van der Waals surface area (Å²) in [6.45, 7) is 1.99. The van der Waals surface area contributed by atoms with E-state index < -0.39 is 12.0 Å². The lowest BCUT2D eigenvalue weighted by molar-refractivity contribution is -0.139. The molecular formula is C11H15NO2. The summed E-state index contributed by atoms with van der Waals surface area (Å²) in [4.78, 5) is 10.8. The Morgan fingerprint density at radius 3 is 2.64 bits per heavy atom. The maximum absolute atomic E-state index is 10.8. The number of carboxylic acids is 1. The molecule has 3 nitrogen and oxygen atoms in total. The lowest BCUT2D eigenvalue weighted by Gasteiger charge is -2.12. The van der Waals surface area contributed by atoms with Crippen molar-refractivity contribution in [3.63, 3.8) is 0 Å². The highest BCUT2D eigenvalue weighted by Gasteiger charge is 2.15. The Bertz CT molecular complexity index is 323. The Labute approximate surface area is 83.8 Å². The minimum atomic E-state index is -0.809. The summed E-state index contributed by atoms with van der Waals surface area (Å²) in [6.07, 6.45) is 0.526. The van der Waals surface area contributed by atoms with Gasteiger partial charge in [-0.3, -0.25) is 4.79 Å². The van der Waals surface area contributed by atoms with Gasteiger partial charge in [-0.05, 0) is 31.5 Å². The van der Waals surface area contributed by atoms with Crippen molar-refractivity contribution in [3.05, 3.63) is 35.4 Å². The van der Waals surface area contributed by atoms with Crippen molar-refractivity contribution in [2.45, 2.75) is 19.4 Å². The normalized spacial score (nSPS) is 12.4. The van der Waals surface area contributed by atoms with Gasteiger partial charge in [0.05, 0.1) is 0 Å². The number of carbonyl (C=O) groups is 1.